The van der Waals surface area contributed by atoms with Gasteiger partial charge in [-0.25, -0.2) is 4.79 Å². The fraction of sp³-hybridized carbons (Fsp3) is 0.474. The average molecular weight is 373 g/mol. The van der Waals surface area contributed by atoms with Gasteiger partial charge in [0.05, 0.1) is 10.3 Å². The molecule has 144 valence electrons. The van der Waals surface area contributed by atoms with Crippen LogP contribution in [0.1, 0.15) is 33.6 Å². The minimum absolute atomic E-state index is 0.0273. The van der Waals surface area contributed by atoms with Crippen LogP contribution in [0.2, 0.25) is 0 Å². The molecule has 0 spiro atoms. The Morgan fingerprint density at radius 2 is 1.93 bits per heavy atom. The van der Waals surface area contributed by atoms with Gasteiger partial charge in [-0.05, 0) is 32.9 Å². The maximum absolute atomic E-state index is 12.1. The number of carbonyl (C=O) groups is 1. The molecule has 0 saturated carbocycles. The number of amides is 1. The number of nitro benzene ring substituents is 1. The van der Waals surface area contributed by atoms with Crippen molar-refractivity contribution in [2.75, 3.05) is 13.1 Å². The number of hydrogen-bond acceptors (Lipinski definition) is 6. The van der Waals surface area contributed by atoms with E-state index in [2.05, 4.69) is 4.98 Å². The van der Waals surface area contributed by atoms with Crippen LogP contribution in [0.4, 0.5) is 10.5 Å². The van der Waals surface area contributed by atoms with Crippen molar-refractivity contribution in [1.82, 2.24) is 9.88 Å². The molecule has 1 aliphatic rings. The van der Waals surface area contributed by atoms with Crippen molar-refractivity contribution in [2.24, 2.45) is 0 Å². The van der Waals surface area contributed by atoms with Gasteiger partial charge in [0.25, 0.3) is 5.69 Å². The smallest absolute Gasteiger partial charge is 0.410 e. The first-order valence-corrected chi connectivity index (χ1v) is 8.90. The fourth-order valence-corrected chi connectivity index (χ4v) is 3.07. The van der Waals surface area contributed by atoms with E-state index in [-0.39, 0.29) is 17.9 Å². The van der Waals surface area contributed by atoms with E-state index in [1.165, 1.54) is 12.3 Å². The molecule has 0 atom stereocenters. The van der Waals surface area contributed by atoms with Crippen LogP contribution in [0.3, 0.4) is 0 Å². The van der Waals surface area contributed by atoms with Crippen LogP contribution >= 0.6 is 0 Å². The lowest BCUT2D eigenvalue weighted by Gasteiger charge is -2.33. The zero-order valence-corrected chi connectivity index (χ0v) is 15.7. The third-order valence-corrected chi connectivity index (χ3v) is 4.34. The molecule has 1 saturated heterocycles. The average Bonchev–Trinajstić information content (AvgIpc) is 2.61. The summed E-state index contributed by atoms with van der Waals surface area (Å²) in [7, 11) is 0. The molecule has 0 aliphatic carbocycles. The number of piperidine rings is 1. The highest BCUT2D eigenvalue weighted by molar-refractivity contribution is 5.94. The summed E-state index contributed by atoms with van der Waals surface area (Å²) in [5.74, 6) is 0.569. The molecule has 1 amide bonds. The number of non-ortho nitro benzene ring substituents is 1. The van der Waals surface area contributed by atoms with E-state index in [4.69, 9.17) is 9.47 Å². The van der Waals surface area contributed by atoms with Crippen LogP contribution in [0.25, 0.3) is 10.8 Å². The quantitative estimate of drug-likeness (QED) is 0.598. The monoisotopic (exact) mass is 373 g/mol. The molecule has 0 unspecified atom stereocenters. The van der Waals surface area contributed by atoms with Gasteiger partial charge >= 0.3 is 6.09 Å². The number of rotatable bonds is 3. The number of benzene rings is 1. The number of pyridine rings is 1. The Bertz CT molecular complexity index is 854. The van der Waals surface area contributed by atoms with Crippen LogP contribution in [0.15, 0.2) is 30.6 Å². The number of carbonyl (C=O) groups excluding carboxylic acids is 1. The Balaban J connectivity index is 1.69. The Hall–Kier alpha value is -2.90. The number of likely N-dealkylation sites (tertiary alicyclic amines) is 1. The van der Waals surface area contributed by atoms with E-state index in [0.29, 0.717) is 42.5 Å². The molecule has 1 fully saturated rings. The van der Waals surface area contributed by atoms with Crippen LogP contribution in [0.5, 0.6) is 5.75 Å². The van der Waals surface area contributed by atoms with E-state index in [1.807, 2.05) is 20.8 Å². The van der Waals surface area contributed by atoms with Gasteiger partial charge < -0.3 is 14.4 Å². The number of aromatic nitrogens is 1. The summed E-state index contributed by atoms with van der Waals surface area (Å²) in [4.78, 5) is 28.7. The third kappa shape index (κ3) is 4.45. The summed E-state index contributed by atoms with van der Waals surface area (Å²) >= 11 is 0. The zero-order chi connectivity index (χ0) is 19.6. The first-order chi connectivity index (χ1) is 12.7. The summed E-state index contributed by atoms with van der Waals surface area (Å²) in [6.07, 6.45) is 4.04. The van der Waals surface area contributed by atoms with Gasteiger partial charge in [0.15, 0.2) is 0 Å². The van der Waals surface area contributed by atoms with E-state index < -0.39 is 10.5 Å². The highest BCUT2D eigenvalue weighted by atomic mass is 16.6. The number of fused-ring (bicyclic) bond motifs is 1. The largest absolute Gasteiger partial charge is 0.490 e. The van der Waals surface area contributed by atoms with Gasteiger partial charge in [-0.2, -0.15) is 0 Å². The van der Waals surface area contributed by atoms with Crippen molar-refractivity contribution in [3.63, 3.8) is 0 Å². The molecule has 2 aromatic rings. The standard InChI is InChI=1S/C19H23N3O5/c1-19(2,3)27-18(23)21-10-7-13(8-11-21)26-17-5-4-16(22(24)25)14-6-9-20-12-15(14)17/h4-6,9,12-13H,7-8,10-11H2,1-3H3. The predicted octanol–water partition coefficient (Wildman–Crippen LogP) is 3.92. The van der Waals surface area contributed by atoms with Gasteiger partial charge in [-0.15, -0.1) is 0 Å². The Morgan fingerprint density at radius 1 is 1.22 bits per heavy atom. The maximum Gasteiger partial charge on any atom is 0.410 e. The van der Waals surface area contributed by atoms with Crippen molar-refractivity contribution in [2.45, 2.75) is 45.3 Å². The van der Waals surface area contributed by atoms with Crippen molar-refractivity contribution in [1.29, 1.82) is 0 Å². The second kappa shape index (κ2) is 7.38. The molecule has 3 rings (SSSR count). The van der Waals surface area contributed by atoms with E-state index in [1.54, 1.807) is 23.2 Å². The van der Waals surface area contributed by atoms with Crippen LogP contribution in [-0.2, 0) is 4.74 Å². The van der Waals surface area contributed by atoms with Gasteiger partial charge in [0.2, 0.25) is 0 Å². The van der Waals surface area contributed by atoms with Crippen LogP contribution < -0.4 is 4.74 Å². The number of nitrogens with zero attached hydrogens (tertiary/aromatic N) is 3. The Morgan fingerprint density at radius 3 is 2.56 bits per heavy atom. The first-order valence-electron chi connectivity index (χ1n) is 8.90. The van der Waals surface area contributed by atoms with Crippen molar-refractivity contribution < 1.29 is 19.2 Å². The van der Waals surface area contributed by atoms with Gasteiger partial charge in [-0.1, -0.05) is 0 Å². The second-order valence-electron chi connectivity index (χ2n) is 7.55. The minimum Gasteiger partial charge on any atom is -0.490 e. The SMILES string of the molecule is CC(C)(C)OC(=O)N1CCC(Oc2ccc([N+](=O)[O-])c3ccncc23)CC1. The molecule has 0 N–H and O–H groups in total. The summed E-state index contributed by atoms with van der Waals surface area (Å²) in [5.41, 5.74) is -0.491. The fourth-order valence-electron chi connectivity index (χ4n) is 3.07. The van der Waals surface area contributed by atoms with Crippen molar-refractivity contribution in [3.05, 3.63) is 40.7 Å². The lowest BCUT2D eigenvalue weighted by atomic mass is 10.1. The van der Waals surface area contributed by atoms with Gasteiger partial charge in [0.1, 0.15) is 17.5 Å². The molecular weight excluding hydrogens is 350 g/mol. The lowest BCUT2D eigenvalue weighted by molar-refractivity contribution is -0.383. The molecule has 8 nitrogen and oxygen atoms in total. The van der Waals surface area contributed by atoms with E-state index >= 15 is 0 Å². The molecule has 1 aliphatic heterocycles. The molecule has 1 aromatic heterocycles. The van der Waals surface area contributed by atoms with Crippen molar-refractivity contribution in [3.8, 4) is 5.75 Å². The van der Waals surface area contributed by atoms with Crippen molar-refractivity contribution >= 4 is 22.6 Å². The third-order valence-electron chi connectivity index (χ3n) is 4.34. The van der Waals surface area contributed by atoms with Gasteiger partial charge in [0, 0.05) is 49.8 Å². The first kappa shape index (κ1) is 18.9. The normalized spacial score (nSPS) is 15.6. The Kier molecular flexibility index (Phi) is 5.16. The zero-order valence-electron chi connectivity index (χ0n) is 15.7. The predicted molar refractivity (Wildman–Crippen MR) is 99.9 cm³/mol. The van der Waals surface area contributed by atoms with E-state index in [9.17, 15) is 14.9 Å². The molecular formula is C19H23N3O5. The van der Waals surface area contributed by atoms with Crippen LogP contribution in [-0.4, -0.2) is 45.7 Å². The molecule has 0 radical (unpaired) electrons. The molecule has 0 bridgehead atoms. The molecule has 8 heteroatoms. The second-order valence-corrected chi connectivity index (χ2v) is 7.55. The number of nitro groups is 1. The van der Waals surface area contributed by atoms with E-state index in [0.717, 1.165) is 0 Å². The maximum atomic E-state index is 12.1. The highest BCUT2D eigenvalue weighted by Gasteiger charge is 2.28. The molecule has 27 heavy (non-hydrogen) atoms. The minimum atomic E-state index is -0.519. The highest BCUT2D eigenvalue weighted by Crippen LogP contribution is 2.33. The lowest BCUT2D eigenvalue weighted by Crippen LogP contribution is -2.44. The van der Waals surface area contributed by atoms with Gasteiger partial charge in [-0.3, -0.25) is 15.1 Å². The Labute approximate surface area is 157 Å². The number of ether oxygens (including phenoxy) is 2. The summed E-state index contributed by atoms with van der Waals surface area (Å²) < 4.78 is 11.5. The summed E-state index contributed by atoms with van der Waals surface area (Å²) in [6.45, 7) is 6.61. The summed E-state index contributed by atoms with van der Waals surface area (Å²) in [6, 6.07) is 4.68. The number of hydrogen-bond donors (Lipinski definition) is 0. The molecule has 1 aromatic carbocycles. The topological polar surface area (TPSA) is 94.8 Å². The van der Waals surface area contributed by atoms with Crippen LogP contribution in [0, 0.1) is 10.1 Å². The molecule has 2 heterocycles. The summed E-state index contributed by atoms with van der Waals surface area (Å²) in [5, 5.41) is 12.3.